The van der Waals surface area contributed by atoms with Gasteiger partial charge in [-0.3, -0.25) is 4.79 Å². The predicted molar refractivity (Wildman–Crippen MR) is 69.9 cm³/mol. The maximum absolute atomic E-state index is 12.1. The van der Waals surface area contributed by atoms with Crippen LogP contribution < -0.4 is 5.32 Å². The number of nitrogens with one attached hydrogen (secondary N) is 1. The van der Waals surface area contributed by atoms with Crippen molar-refractivity contribution < 1.29 is 4.79 Å². The Morgan fingerprint density at radius 3 is 2.82 bits per heavy atom. The Kier molecular flexibility index (Phi) is 4.10. The lowest BCUT2D eigenvalue weighted by atomic mass is 9.95. The molecule has 0 amide bonds. The lowest BCUT2D eigenvalue weighted by Gasteiger charge is -2.21. The largest absolute Gasteiger partial charge is 0.310 e. The molecule has 0 fully saturated rings. The van der Waals surface area contributed by atoms with Gasteiger partial charge in [-0.2, -0.15) is 0 Å². The highest BCUT2D eigenvalue weighted by molar-refractivity contribution is 5.96. The molecule has 2 rings (SSSR count). The van der Waals surface area contributed by atoms with Crippen molar-refractivity contribution in [3.05, 3.63) is 47.5 Å². The average molecular weight is 229 g/mol. The summed E-state index contributed by atoms with van der Waals surface area (Å²) in [6.07, 6.45) is 4.51. The molecule has 1 aromatic rings. The Hall–Kier alpha value is -1.41. The third kappa shape index (κ3) is 3.27. The number of carbonyl (C=O) groups is 1. The summed E-state index contributed by atoms with van der Waals surface area (Å²) in [5.74, 6) is 0.286. The zero-order valence-electron chi connectivity index (χ0n) is 10.3. The smallest absolute Gasteiger partial charge is 0.160 e. The number of hydrogen-bond donors (Lipinski definition) is 1. The predicted octanol–water partition coefficient (Wildman–Crippen LogP) is 2.50. The normalized spacial score (nSPS) is 19.8. The van der Waals surface area contributed by atoms with Crippen LogP contribution in [0, 0.1) is 0 Å². The highest BCUT2D eigenvalue weighted by Crippen LogP contribution is 2.13. The minimum absolute atomic E-state index is 0.215. The van der Waals surface area contributed by atoms with Crippen LogP contribution in [0.5, 0.6) is 0 Å². The van der Waals surface area contributed by atoms with E-state index in [2.05, 4.69) is 30.4 Å². The quantitative estimate of drug-likeness (QED) is 0.859. The van der Waals surface area contributed by atoms with Gasteiger partial charge in [0.05, 0.1) is 0 Å². The van der Waals surface area contributed by atoms with Crippen molar-refractivity contribution in [3.63, 3.8) is 0 Å². The molecule has 17 heavy (non-hydrogen) atoms. The summed E-state index contributed by atoms with van der Waals surface area (Å²) in [5, 5.41) is 3.32. The van der Waals surface area contributed by atoms with Crippen LogP contribution in [-0.4, -0.2) is 18.4 Å². The highest BCUT2D eigenvalue weighted by atomic mass is 16.1. The van der Waals surface area contributed by atoms with Gasteiger partial charge in [-0.25, -0.2) is 0 Å². The van der Waals surface area contributed by atoms with Gasteiger partial charge in [-0.15, -0.1) is 0 Å². The molecule has 0 saturated carbocycles. The second-order valence-electron chi connectivity index (χ2n) is 4.53. The lowest BCUT2D eigenvalue weighted by molar-refractivity contribution is -0.115. The van der Waals surface area contributed by atoms with Gasteiger partial charge in [0.15, 0.2) is 5.78 Å². The summed E-state index contributed by atoms with van der Waals surface area (Å²) < 4.78 is 0. The Balaban J connectivity index is 1.91. The van der Waals surface area contributed by atoms with Gasteiger partial charge >= 0.3 is 0 Å². The summed E-state index contributed by atoms with van der Waals surface area (Å²) in [6, 6.07) is 10.4. The van der Waals surface area contributed by atoms with Gasteiger partial charge in [0, 0.05) is 18.0 Å². The Morgan fingerprint density at radius 1 is 1.35 bits per heavy atom. The second-order valence-corrected chi connectivity index (χ2v) is 4.53. The van der Waals surface area contributed by atoms with Crippen LogP contribution in [0.15, 0.2) is 42.0 Å². The molecule has 0 spiro atoms. The first-order valence-electron chi connectivity index (χ1n) is 6.28. The fourth-order valence-corrected chi connectivity index (χ4v) is 2.22. The first kappa shape index (κ1) is 12.1. The van der Waals surface area contributed by atoms with E-state index in [0.717, 1.165) is 25.0 Å². The molecule has 1 aliphatic rings. The SMILES string of the molecule is CC1NCCC=C1C(=O)CCc1ccccc1. The molecule has 90 valence electrons. The number of hydrogen-bond acceptors (Lipinski definition) is 2. The average Bonchev–Trinajstić information content (AvgIpc) is 2.38. The zero-order valence-corrected chi connectivity index (χ0v) is 10.3. The molecule has 2 heteroatoms. The van der Waals surface area contributed by atoms with E-state index in [4.69, 9.17) is 0 Å². The summed E-state index contributed by atoms with van der Waals surface area (Å²) in [5.41, 5.74) is 2.20. The van der Waals surface area contributed by atoms with Gasteiger partial charge in [-0.05, 0) is 31.9 Å². The Labute approximate surface area is 103 Å². The number of Topliss-reactive ketones (excluding diaryl/α,β-unsaturated/α-hetero) is 1. The molecular weight excluding hydrogens is 210 g/mol. The molecule has 0 radical (unpaired) electrons. The van der Waals surface area contributed by atoms with E-state index in [0.29, 0.717) is 6.42 Å². The maximum Gasteiger partial charge on any atom is 0.160 e. The molecule has 2 nitrogen and oxygen atoms in total. The zero-order chi connectivity index (χ0) is 12.1. The minimum Gasteiger partial charge on any atom is -0.310 e. The molecule has 1 N–H and O–H groups in total. The number of ketones is 1. The monoisotopic (exact) mass is 229 g/mol. The highest BCUT2D eigenvalue weighted by Gasteiger charge is 2.18. The number of aryl methyl sites for hydroxylation is 1. The van der Waals surface area contributed by atoms with Crippen molar-refractivity contribution in [1.29, 1.82) is 0 Å². The molecule has 0 aromatic heterocycles. The van der Waals surface area contributed by atoms with Gasteiger partial charge in [0.25, 0.3) is 0 Å². The molecule has 1 atom stereocenters. The first-order chi connectivity index (χ1) is 8.27. The summed E-state index contributed by atoms with van der Waals surface area (Å²) in [4.78, 5) is 12.1. The van der Waals surface area contributed by atoms with Crippen LogP contribution in [-0.2, 0) is 11.2 Å². The Bertz CT molecular complexity index is 408. The van der Waals surface area contributed by atoms with Gasteiger partial charge < -0.3 is 5.32 Å². The third-order valence-electron chi connectivity index (χ3n) is 3.23. The van der Waals surface area contributed by atoms with Crippen LogP contribution in [0.1, 0.15) is 25.3 Å². The molecule has 0 aliphatic carbocycles. The molecule has 0 saturated heterocycles. The van der Waals surface area contributed by atoms with Gasteiger partial charge in [-0.1, -0.05) is 36.4 Å². The number of rotatable bonds is 4. The molecule has 0 bridgehead atoms. The van der Waals surface area contributed by atoms with Crippen LogP contribution in [0.3, 0.4) is 0 Å². The van der Waals surface area contributed by atoms with Crippen molar-refractivity contribution in [2.45, 2.75) is 32.2 Å². The van der Waals surface area contributed by atoms with E-state index < -0.39 is 0 Å². The molecule has 1 aromatic carbocycles. The number of benzene rings is 1. The summed E-state index contributed by atoms with van der Waals surface area (Å²) in [7, 11) is 0. The van der Waals surface area contributed by atoms with Crippen LogP contribution >= 0.6 is 0 Å². The van der Waals surface area contributed by atoms with Crippen molar-refractivity contribution in [3.8, 4) is 0 Å². The van der Waals surface area contributed by atoms with Gasteiger partial charge in [0.1, 0.15) is 0 Å². The molecule has 1 unspecified atom stereocenters. The van der Waals surface area contributed by atoms with Crippen molar-refractivity contribution in [1.82, 2.24) is 5.32 Å². The van der Waals surface area contributed by atoms with E-state index in [1.54, 1.807) is 0 Å². The third-order valence-corrected chi connectivity index (χ3v) is 3.23. The van der Waals surface area contributed by atoms with Crippen LogP contribution in [0.4, 0.5) is 0 Å². The van der Waals surface area contributed by atoms with Crippen molar-refractivity contribution >= 4 is 5.78 Å². The van der Waals surface area contributed by atoms with E-state index in [9.17, 15) is 4.79 Å². The fourth-order valence-electron chi connectivity index (χ4n) is 2.22. The van der Waals surface area contributed by atoms with E-state index in [-0.39, 0.29) is 11.8 Å². The molecular formula is C15H19NO. The van der Waals surface area contributed by atoms with E-state index in [1.807, 2.05) is 18.2 Å². The van der Waals surface area contributed by atoms with Crippen molar-refractivity contribution in [2.24, 2.45) is 0 Å². The first-order valence-corrected chi connectivity index (χ1v) is 6.28. The topological polar surface area (TPSA) is 29.1 Å². The summed E-state index contributed by atoms with van der Waals surface area (Å²) >= 11 is 0. The molecule has 1 aliphatic heterocycles. The maximum atomic E-state index is 12.1. The van der Waals surface area contributed by atoms with E-state index >= 15 is 0 Å². The van der Waals surface area contributed by atoms with Crippen LogP contribution in [0.2, 0.25) is 0 Å². The number of carbonyl (C=O) groups excluding carboxylic acids is 1. The Morgan fingerprint density at radius 2 is 2.12 bits per heavy atom. The molecule has 1 heterocycles. The fraction of sp³-hybridized carbons (Fsp3) is 0.400. The second kappa shape index (κ2) is 5.78. The van der Waals surface area contributed by atoms with Crippen molar-refractivity contribution in [2.75, 3.05) is 6.54 Å². The van der Waals surface area contributed by atoms with Gasteiger partial charge in [0.2, 0.25) is 0 Å². The lowest BCUT2D eigenvalue weighted by Crippen LogP contribution is -2.35. The summed E-state index contributed by atoms with van der Waals surface area (Å²) in [6.45, 7) is 3.04. The standard InChI is InChI=1S/C15H19NO/c1-12-14(8-5-11-16-12)15(17)10-9-13-6-3-2-4-7-13/h2-4,6-8,12,16H,5,9-11H2,1H3. The van der Waals surface area contributed by atoms with Crippen LogP contribution in [0.25, 0.3) is 0 Å². The minimum atomic E-state index is 0.215. The van der Waals surface area contributed by atoms with E-state index in [1.165, 1.54) is 5.56 Å².